The van der Waals surface area contributed by atoms with Crippen LogP contribution in [0.4, 0.5) is 0 Å². The van der Waals surface area contributed by atoms with Crippen molar-refractivity contribution >= 4 is 15.9 Å². The molecule has 0 radical (unpaired) electrons. The summed E-state index contributed by atoms with van der Waals surface area (Å²) in [6.07, 6.45) is 1.32. The van der Waals surface area contributed by atoms with Gasteiger partial charge >= 0.3 is 0 Å². The molecule has 1 aliphatic carbocycles. The first-order valence-corrected chi connectivity index (χ1v) is 7.57. The van der Waals surface area contributed by atoms with E-state index in [0.29, 0.717) is 5.92 Å². The van der Waals surface area contributed by atoms with E-state index in [1.165, 1.54) is 11.1 Å². The van der Waals surface area contributed by atoms with E-state index >= 15 is 0 Å². The lowest BCUT2D eigenvalue weighted by Crippen LogP contribution is -2.19. The lowest BCUT2D eigenvalue weighted by Gasteiger charge is -2.32. The van der Waals surface area contributed by atoms with Gasteiger partial charge in [0.1, 0.15) is 5.75 Å². The summed E-state index contributed by atoms with van der Waals surface area (Å²) in [6.45, 7) is 0. The molecule has 0 aliphatic heterocycles. The van der Waals surface area contributed by atoms with Crippen molar-refractivity contribution in [1.82, 2.24) is 0 Å². The van der Waals surface area contributed by atoms with Gasteiger partial charge < -0.3 is 9.84 Å². The zero-order chi connectivity index (χ0) is 14.1. The largest absolute Gasteiger partial charge is 0.496 e. The standard InChI is InChI=1S/C17H17BrO2/c1-20-17-10-13(18)6-7-15(17)16(19)9-12-8-11-4-2-3-5-14(11)12/h2-7,10,12,16,19H,8-9H2,1H3. The van der Waals surface area contributed by atoms with Crippen LogP contribution in [0.3, 0.4) is 0 Å². The number of aliphatic hydroxyl groups is 1. The quantitative estimate of drug-likeness (QED) is 0.908. The fraction of sp³-hybridized carbons (Fsp3) is 0.294. The van der Waals surface area contributed by atoms with Crippen LogP contribution in [0.1, 0.15) is 35.1 Å². The van der Waals surface area contributed by atoms with Gasteiger partial charge in [-0.1, -0.05) is 46.3 Å². The summed E-state index contributed by atoms with van der Waals surface area (Å²) in [5.41, 5.74) is 3.65. The topological polar surface area (TPSA) is 29.5 Å². The Morgan fingerprint density at radius 2 is 2.10 bits per heavy atom. The van der Waals surface area contributed by atoms with E-state index in [1.54, 1.807) is 7.11 Å². The predicted molar refractivity (Wildman–Crippen MR) is 83.2 cm³/mol. The van der Waals surface area contributed by atoms with Gasteiger partial charge in [0.15, 0.2) is 0 Å². The first-order valence-electron chi connectivity index (χ1n) is 6.78. The van der Waals surface area contributed by atoms with Gasteiger partial charge in [0, 0.05) is 10.0 Å². The Kier molecular flexibility index (Phi) is 3.81. The van der Waals surface area contributed by atoms with Crippen LogP contribution in [-0.2, 0) is 6.42 Å². The van der Waals surface area contributed by atoms with Crippen molar-refractivity contribution < 1.29 is 9.84 Å². The number of fused-ring (bicyclic) bond motifs is 1. The Morgan fingerprint density at radius 1 is 1.30 bits per heavy atom. The minimum absolute atomic E-state index is 0.453. The van der Waals surface area contributed by atoms with Gasteiger partial charge in [-0.3, -0.25) is 0 Å². The molecule has 2 nitrogen and oxygen atoms in total. The molecule has 0 saturated carbocycles. The zero-order valence-electron chi connectivity index (χ0n) is 11.3. The van der Waals surface area contributed by atoms with Crippen molar-refractivity contribution in [2.45, 2.75) is 24.9 Å². The van der Waals surface area contributed by atoms with Crippen LogP contribution < -0.4 is 4.74 Å². The highest BCUT2D eigenvalue weighted by Gasteiger charge is 2.28. The molecule has 0 fully saturated rings. The second-order valence-electron chi connectivity index (χ2n) is 5.24. The number of hydrogen-bond acceptors (Lipinski definition) is 2. The SMILES string of the molecule is COc1cc(Br)ccc1C(O)CC1Cc2ccccc21. The third-order valence-electron chi connectivity index (χ3n) is 4.02. The number of methoxy groups -OCH3 is 1. The number of benzene rings is 2. The second-order valence-corrected chi connectivity index (χ2v) is 6.15. The van der Waals surface area contributed by atoms with Gasteiger partial charge in [-0.2, -0.15) is 0 Å². The van der Waals surface area contributed by atoms with Crippen molar-refractivity contribution in [1.29, 1.82) is 0 Å². The van der Waals surface area contributed by atoms with Crippen LogP contribution in [0.25, 0.3) is 0 Å². The molecule has 2 aromatic carbocycles. The fourth-order valence-corrected chi connectivity index (χ4v) is 3.27. The maximum atomic E-state index is 10.5. The highest BCUT2D eigenvalue weighted by Crippen LogP contribution is 2.42. The first-order chi connectivity index (χ1) is 9.69. The number of halogens is 1. The summed E-state index contributed by atoms with van der Waals surface area (Å²) in [5, 5.41) is 10.5. The van der Waals surface area contributed by atoms with E-state index in [4.69, 9.17) is 4.74 Å². The normalized spacial score (nSPS) is 18.1. The molecule has 3 rings (SSSR count). The molecule has 1 aliphatic rings. The molecular weight excluding hydrogens is 316 g/mol. The van der Waals surface area contributed by atoms with Crippen LogP contribution >= 0.6 is 15.9 Å². The summed E-state index contributed by atoms with van der Waals surface area (Å²) >= 11 is 3.42. The van der Waals surface area contributed by atoms with Crippen molar-refractivity contribution in [2.75, 3.05) is 7.11 Å². The molecule has 2 aromatic rings. The third-order valence-corrected chi connectivity index (χ3v) is 4.52. The lowest BCUT2D eigenvalue weighted by atomic mass is 9.74. The van der Waals surface area contributed by atoms with Crippen LogP contribution in [0, 0.1) is 0 Å². The molecule has 0 saturated heterocycles. The summed E-state index contributed by atoms with van der Waals surface area (Å²) in [5.74, 6) is 1.19. The summed E-state index contributed by atoms with van der Waals surface area (Å²) < 4.78 is 6.32. The molecule has 0 amide bonds. The average molecular weight is 333 g/mol. The maximum absolute atomic E-state index is 10.5. The van der Waals surface area contributed by atoms with Crippen molar-refractivity contribution in [3.8, 4) is 5.75 Å². The molecular formula is C17H17BrO2. The minimum atomic E-state index is -0.489. The number of ether oxygens (including phenoxy) is 1. The summed E-state index contributed by atoms with van der Waals surface area (Å²) in [4.78, 5) is 0. The van der Waals surface area contributed by atoms with E-state index < -0.39 is 6.10 Å². The Labute approximate surface area is 127 Å². The molecule has 104 valence electrons. The molecule has 0 bridgehead atoms. The van der Waals surface area contributed by atoms with Crippen molar-refractivity contribution in [3.05, 3.63) is 63.6 Å². The first kappa shape index (κ1) is 13.7. The smallest absolute Gasteiger partial charge is 0.125 e. The van der Waals surface area contributed by atoms with Gasteiger partial charge in [-0.25, -0.2) is 0 Å². The summed E-state index contributed by atoms with van der Waals surface area (Å²) in [7, 11) is 1.64. The van der Waals surface area contributed by atoms with Gasteiger partial charge in [-0.05, 0) is 42.0 Å². The van der Waals surface area contributed by atoms with E-state index in [2.05, 4.69) is 40.2 Å². The van der Waals surface area contributed by atoms with Crippen LogP contribution in [0.2, 0.25) is 0 Å². The fourth-order valence-electron chi connectivity index (χ4n) is 2.93. The van der Waals surface area contributed by atoms with Crippen LogP contribution in [0.15, 0.2) is 46.9 Å². The number of aliphatic hydroxyl groups excluding tert-OH is 1. The van der Waals surface area contributed by atoms with Gasteiger partial charge in [0.2, 0.25) is 0 Å². The third kappa shape index (κ3) is 2.48. The van der Waals surface area contributed by atoms with Gasteiger partial charge in [-0.15, -0.1) is 0 Å². The average Bonchev–Trinajstić information content (AvgIpc) is 2.44. The molecule has 2 unspecified atom stereocenters. The maximum Gasteiger partial charge on any atom is 0.125 e. The Balaban J connectivity index is 1.76. The molecule has 0 aromatic heterocycles. The van der Waals surface area contributed by atoms with Crippen LogP contribution in [-0.4, -0.2) is 12.2 Å². The zero-order valence-corrected chi connectivity index (χ0v) is 12.9. The molecule has 2 atom stereocenters. The van der Waals surface area contributed by atoms with E-state index in [1.807, 2.05) is 18.2 Å². The monoisotopic (exact) mass is 332 g/mol. The van der Waals surface area contributed by atoms with Crippen molar-refractivity contribution in [2.24, 2.45) is 0 Å². The Hall–Kier alpha value is -1.32. The Bertz CT molecular complexity index is 624. The van der Waals surface area contributed by atoms with E-state index in [9.17, 15) is 5.11 Å². The van der Waals surface area contributed by atoms with Crippen molar-refractivity contribution in [3.63, 3.8) is 0 Å². The molecule has 3 heteroatoms. The van der Waals surface area contributed by atoms with Gasteiger partial charge in [0.25, 0.3) is 0 Å². The Morgan fingerprint density at radius 3 is 2.85 bits per heavy atom. The lowest BCUT2D eigenvalue weighted by molar-refractivity contribution is 0.150. The molecule has 0 heterocycles. The molecule has 20 heavy (non-hydrogen) atoms. The highest BCUT2D eigenvalue weighted by molar-refractivity contribution is 9.10. The summed E-state index contributed by atoms with van der Waals surface area (Å²) in [6, 6.07) is 14.2. The highest BCUT2D eigenvalue weighted by atomic mass is 79.9. The van der Waals surface area contributed by atoms with E-state index in [0.717, 1.165) is 28.6 Å². The van der Waals surface area contributed by atoms with Crippen LogP contribution in [0.5, 0.6) is 5.75 Å². The number of hydrogen-bond donors (Lipinski definition) is 1. The van der Waals surface area contributed by atoms with E-state index in [-0.39, 0.29) is 0 Å². The predicted octanol–water partition coefficient (Wildman–Crippen LogP) is 4.22. The molecule has 0 spiro atoms. The van der Waals surface area contributed by atoms with Gasteiger partial charge in [0.05, 0.1) is 13.2 Å². The second kappa shape index (κ2) is 5.58. The minimum Gasteiger partial charge on any atom is -0.496 e. The number of rotatable bonds is 4. The molecule has 1 N–H and O–H groups in total.